The maximum Gasteiger partial charge on any atom is 0.257 e. The molecule has 0 aliphatic heterocycles. The number of thiocarbonyl (C=S) groups is 1. The van der Waals surface area contributed by atoms with E-state index < -0.39 is 0 Å². The number of carbonyl (C=O) groups is 1. The Balaban J connectivity index is 1.51. The summed E-state index contributed by atoms with van der Waals surface area (Å²) in [4.78, 5) is 17.3. The molecule has 3 aromatic carbocycles. The van der Waals surface area contributed by atoms with Gasteiger partial charge in [-0.3, -0.25) is 10.1 Å². The monoisotopic (exact) mass is 457 g/mol. The number of nitrogens with zero attached hydrogens (tertiary/aromatic N) is 1. The number of benzene rings is 3. The van der Waals surface area contributed by atoms with Crippen LogP contribution in [0.5, 0.6) is 0 Å². The molecule has 2 N–H and O–H groups in total. The average molecular weight is 458 g/mol. The molecule has 4 rings (SSSR count). The van der Waals surface area contributed by atoms with Crippen molar-refractivity contribution in [2.45, 2.75) is 40.5 Å². The summed E-state index contributed by atoms with van der Waals surface area (Å²) in [5.74, 6) is 0.706. The van der Waals surface area contributed by atoms with E-state index in [0.29, 0.717) is 17.4 Å². The second kappa shape index (κ2) is 9.16. The van der Waals surface area contributed by atoms with Crippen LogP contribution in [0.1, 0.15) is 52.4 Å². The Bertz CT molecular complexity index is 1350. The lowest BCUT2D eigenvalue weighted by atomic mass is 10.0. The van der Waals surface area contributed by atoms with Gasteiger partial charge < -0.3 is 9.73 Å². The van der Waals surface area contributed by atoms with Gasteiger partial charge in [-0.05, 0) is 91.5 Å². The molecule has 6 heteroatoms. The Morgan fingerprint density at radius 3 is 2.39 bits per heavy atom. The highest BCUT2D eigenvalue weighted by molar-refractivity contribution is 7.80. The SMILES string of the molecule is Cc1cc(C)c2oc(-c3ccc(C)c(NC(=S)NC(=O)c4ccc(C(C)C)cc4)c3)nc2c1. The number of amides is 1. The summed E-state index contributed by atoms with van der Waals surface area (Å²) >= 11 is 5.40. The van der Waals surface area contributed by atoms with Crippen molar-refractivity contribution in [1.82, 2.24) is 10.3 Å². The molecule has 0 aliphatic carbocycles. The molecule has 1 heterocycles. The van der Waals surface area contributed by atoms with E-state index in [1.54, 1.807) is 0 Å². The zero-order valence-corrected chi connectivity index (χ0v) is 20.3. The molecule has 0 aliphatic rings. The Morgan fingerprint density at radius 1 is 0.970 bits per heavy atom. The lowest BCUT2D eigenvalue weighted by Gasteiger charge is -2.13. The van der Waals surface area contributed by atoms with Crippen LogP contribution in [-0.4, -0.2) is 16.0 Å². The molecule has 0 radical (unpaired) electrons. The maximum absolute atomic E-state index is 12.6. The van der Waals surface area contributed by atoms with Crippen molar-refractivity contribution in [3.8, 4) is 11.5 Å². The van der Waals surface area contributed by atoms with E-state index >= 15 is 0 Å². The minimum atomic E-state index is -0.249. The van der Waals surface area contributed by atoms with E-state index in [2.05, 4.69) is 35.5 Å². The number of hydrogen-bond acceptors (Lipinski definition) is 4. The number of carbonyl (C=O) groups excluding carboxylic acids is 1. The minimum Gasteiger partial charge on any atom is -0.436 e. The van der Waals surface area contributed by atoms with Gasteiger partial charge in [-0.15, -0.1) is 0 Å². The summed E-state index contributed by atoms with van der Waals surface area (Å²) in [6, 6.07) is 17.5. The third-order valence-electron chi connectivity index (χ3n) is 5.62. The number of fused-ring (bicyclic) bond motifs is 1. The Hall–Kier alpha value is -3.51. The van der Waals surface area contributed by atoms with Crippen molar-refractivity contribution in [3.05, 3.63) is 82.4 Å². The van der Waals surface area contributed by atoms with Gasteiger partial charge in [-0.25, -0.2) is 4.98 Å². The topological polar surface area (TPSA) is 67.2 Å². The van der Waals surface area contributed by atoms with E-state index in [1.807, 2.05) is 69.3 Å². The molecule has 0 spiro atoms. The van der Waals surface area contributed by atoms with Crippen LogP contribution in [-0.2, 0) is 0 Å². The van der Waals surface area contributed by atoms with Crippen LogP contribution >= 0.6 is 12.2 Å². The molecule has 0 bridgehead atoms. The molecule has 0 fully saturated rings. The van der Waals surface area contributed by atoms with Gasteiger partial charge in [0.15, 0.2) is 10.7 Å². The molecule has 0 unspecified atom stereocenters. The summed E-state index contributed by atoms with van der Waals surface area (Å²) in [7, 11) is 0. The van der Waals surface area contributed by atoms with Crippen molar-refractivity contribution in [3.63, 3.8) is 0 Å². The lowest BCUT2D eigenvalue weighted by molar-refractivity contribution is 0.0977. The normalized spacial score (nSPS) is 11.1. The summed E-state index contributed by atoms with van der Waals surface area (Å²) < 4.78 is 6.05. The van der Waals surface area contributed by atoms with Crippen molar-refractivity contribution in [2.24, 2.45) is 0 Å². The number of hydrogen-bond donors (Lipinski definition) is 2. The predicted molar refractivity (Wildman–Crippen MR) is 138 cm³/mol. The van der Waals surface area contributed by atoms with Crippen molar-refractivity contribution < 1.29 is 9.21 Å². The van der Waals surface area contributed by atoms with Gasteiger partial charge in [-0.2, -0.15) is 0 Å². The summed E-state index contributed by atoms with van der Waals surface area (Å²) in [5.41, 5.74) is 8.17. The van der Waals surface area contributed by atoms with E-state index in [0.717, 1.165) is 39.0 Å². The first kappa shape index (κ1) is 22.7. The highest BCUT2D eigenvalue weighted by Crippen LogP contribution is 2.30. The second-order valence-electron chi connectivity index (χ2n) is 8.66. The Morgan fingerprint density at radius 2 is 1.70 bits per heavy atom. The maximum atomic E-state index is 12.6. The van der Waals surface area contributed by atoms with E-state index in [4.69, 9.17) is 16.6 Å². The van der Waals surface area contributed by atoms with Gasteiger partial charge in [0, 0.05) is 16.8 Å². The van der Waals surface area contributed by atoms with Crippen LogP contribution in [0.25, 0.3) is 22.6 Å². The summed E-state index contributed by atoms with van der Waals surface area (Å²) in [5, 5.41) is 6.13. The first-order valence-electron chi connectivity index (χ1n) is 10.9. The summed E-state index contributed by atoms with van der Waals surface area (Å²) in [6.07, 6.45) is 0. The Labute approximate surface area is 199 Å². The first-order valence-corrected chi connectivity index (χ1v) is 11.3. The van der Waals surface area contributed by atoms with Crippen LogP contribution in [0.2, 0.25) is 0 Å². The molecule has 33 heavy (non-hydrogen) atoms. The van der Waals surface area contributed by atoms with Gasteiger partial charge in [-0.1, -0.05) is 38.1 Å². The van der Waals surface area contributed by atoms with E-state index in [-0.39, 0.29) is 11.0 Å². The highest BCUT2D eigenvalue weighted by atomic mass is 32.1. The number of oxazole rings is 1. The van der Waals surface area contributed by atoms with Crippen LogP contribution in [0, 0.1) is 20.8 Å². The van der Waals surface area contributed by atoms with Crippen LogP contribution in [0.4, 0.5) is 5.69 Å². The van der Waals surface area contributed by atoms with Crippen LogP contribution in [0.15, 0.2) is 59.0 Å². The van der Waals surface area contributed by atoms with Crippen molar-refractivity contribution >= 4 is 40.0 Å². The molecular weight excluding hydrogens is 430 g/mol. The van der Waals surface area contributed by atoms with Gasteiger partial charge >= 0.3 is 0 Å². The summed E-state index contributed by atoms with van der Waals surface area (Å²) in [6.45, 7) is 10.3. The molecule has 1 amide bonds. The van der Waals surface area contributed by atoms with Crippen molar-refractivity contribution in [1.29, 1.82) is 0 Å². The third kappa shape index (κ3) is 4.96. The zero-order chi connectivity index (χ0) is 23.7. The Kier molecular flexibility index (Phi) is 6.29. The number of aryl methyl sites for hydroxylation is 3. The zero-order valence-electron chi connectivity index (χ0n) is 19.4. The van der Waals surface area contributed by atoms with Gasteiger partial charge in [0.2, 0.25) is 5.89 Å². The fourth-order valence-electron chi connectivity index (χ4n) is 3.74. The molecule has 0 saturated heterocycles. The largest absolute Gasteiger partial charge is 0.436 e. The van der Waals surface area contributed by atoms with E-state index in [9.17, 15) is 4.79 Å². The standard InChI is InChI=1S/C27H27N3O2S/c1-15(2)19-8-10-20(11-9-19)25(31)30-27(33)29-22-14-21(7-6-17(22)4)26-28-23-13-16(3)12-18(5)24(23)32-26/h6-15H,1-5H3,(H2,29,30,31,33). The smallest absolute Gasteiger partial charge is 0.257 e. The van der Waals surface area contributed by atoms with Gasteiger partial charge in [0.05, 0.1) is 0 Å². The quantitative estimate of drug-likeness (QED) is 0.335. The predicted octanol–water partition coefficient (Wildman–Crippen LogP) is 6.67. The number of rotatable bonds is 4. The number of aromatic nitrogens is 1. The molecular formula is C27H27N3O2S. The van der Waals surface area contributed by atoms with Crippen LogP contribution < -0.4 is 10.6 Å². The molecule has 168 valence electrons. The van der Waals surface area contributed by atoms with Crippen LogP contribution in [0.3, 0.4) is 0 Å². The molecule has 5 nitrogen and oxygen atoms in total. The third-order valence-corrected chi connectivity index (χ3v) is 5.82. The van der Waals surface area contributed by atoms with Gasteiger partial charge in [0.1, 0.15) is 5.52 Å². The lowest BCUT2D eigenvalue weighted by Crippen LogP contribution is -2.34. The van der Waals surface area contributed by atoms with Gasteiger partial charge in [0.25, 0.3) is 5.91 Å². The molecule has 4 aromatic rings. The van der Waals surface area contributed by atoms with Crippen molar-refractivity contribution in [2.75, 3.05) is 5.32 Å². The number of nitrogens with one attached hydrogen (secondary N) is 2. The highest BCUT2D eigenvalue weighted by Gasteiger charge is 2.14. The van der Waals surface area contributed by atoms with E-state index in [1.165, 1.54) is 5.56 Å². The molecule has 1 aromatic heterocycles. The fraction of sp³-hybridized carbons (Fsp3) is 0.222. The second-order valence-corrected chi connectivity index (χ2v) is 9.07. The fourth-order valence-corrected chi connectivity index (χ4v) is 3.94. The molecule has 0 saturated carbocycles. The minimum absolute atomic E-state index is 0.234. The number of anilines is 1. The molecule has 0 atom stereocenters. The first-order chi connectivity index (χ1) is 15.7. The average Bonchev–Trinajstić information content (AvgIpc) is 3.19.